The molecule has 0 spiro atoms. The van der Waals surface area contributed by atoms with Crippen LogP contribution in [0.3, 0.4) is 0 Å². The molecule has 0 aliphatic carbocycles. The average molecular weight is 645 g/mol. The number of furan rings is 1. The van der Waals surface area contributed by atoms with Gasteiger partial charge in [0.2, 0.25) is 5.82 Å². The predicted molar refractivity (Wildman–Crippen MR) is 161 cm³/mol. The van der Waals surface area contributed by atoms with E-state index in [9.17, 15) is 9.18 Å². The van der Waals surface area contributed by atoms with Crippen LogP contribution < -0.4 is 15.0 Å². The van der Waals surface area contributed by atoms with Crippen molar-refractivity contribution in [1.29, 1.82) is 0 Å². The summed E-state index contributed by atoms with van der Waals surface area (Å²) in [6, 6.07) is 26.4. The maximum Gasteiger partial charge on any atom is 0.282 e. The highest BCUT2D eigenvalue weighted by atomic mass is 127. The number of halogens is 2. The van der Waals surface area contributed by atoms with E-state index in [0.717, 1.165) is 14.5 Å². The summed E-state index contributed by atoms with van der Waals surface area (Å²) in [6.07, 6.45) is 1.58. The summed E-state index contributed by atoms with van der Waals surface area (Å²) in [4.78, 5) is 18.3. The molecule has 9 heteroatoms. The maximum atomic E-state index is 14.0. The molecule has 0 saturated carbocycles. The van der Waals surface area contributed by atoms with Crippen molar-refractivity contribution in [3.8, 4) is 23.1 Å². The van der Waals surface area contributed by atoms with E-state index in [1.807, 2.05) is 36.4 Å². The van der Waals surface area contributed by atoms with Crippen LogP contribution >= 0.6 is 22.6 Å². The number of rotatable bonds is 7. The number of methoxy groups -OCH3 is 1. The molecule has 4 aromatic carbocycles. The Kier molecular flexibility index (Phi) is 7.04. The Balaban J connectivity index is 1.37. The molecule has 0 N–H and O–H groups in total. The van der Waals surface area contributed by atoms with Crippen LogP contribution in [0, 0.1) is 9.39 Å². The Morgan fingerprint density at radius 2 is 1.80 bits per heavy atom. The van der Waals surface area contributed by atoms with Gasteiger partial charge in [0.1, 0.15) is 29.5 Å². The summed E-state index contributed by atoms with van der Waals surface area (Å²) in [5.41, 5.74) is 2.02. The fraction of sp³-hybridized carbons (Fsp3) is 0.0645. The molecule has 0 atom stereocenters. The lowest BCUT2D eigenvalue weighted by molar-refractivity contribution is 0.297. The standard InChI is InChI=1S/C31H21FIN3O4/c1-38-26-11-6-12-27-22(26)16-29(40-27)30-35-25-10-5-3-8-21(25)31(37)36(30)34-17-19-13-14-28(24(33)15-19)39-18-20-7-2-4-9-23(20)32/h2-17H,18H2,1H3. The zero-order chi connectivity index (χ0) is 27.6. The first-order valence-corrected chi connectivity index (χ1v) is 13.4. The molecule has 7 nitrogen and oxygen atoms in total. The Bertz CT molecular complexity index is 1960. The van der Waals surface area contributed by atoms with Crippen molar-refractivity contribution in [3.05, 3.63) is 122 Å². The van der Waals surface area contributed by atoms with Crippen LogP contribution in [0.25, 0.3) is 33.5 Å². The van der Waals surface area contributed by atoms with E-state index >= 15 is 0 Å². The van der Waals surface area contributed by atoms with Crippen molar-refractivity contribution >= 4 is 50.7 Å². The SMILES string of the molecule is COc1cccc2oc(-c3nc4ccccc4c(=O)n3N=Cc3ccc(OCc4ccccc4F)c(I)c3)cc12. The third-order valence-corrected chi connectivity index (χ3v) is 7.18. The molecule has 0 saturated heterocycles. The van der Waals surface area contributed by atoms with Gasteiger partial charge in [0.15, 0.2) is 5.76 Å². The number of nitrogens with zero attached hydrogens (tertiary/aromatic N) is 3. The highest BCUT2D eigenvalue weighted by Crippen LogP contribution is 2.33. The predicted octanol–water partition coefficient (Wildman–Crippen LogP) is 7.02. The topological polar surface area (TPSA) is 78.9 Å². The molecule has 0 bridgehead atoms. The van der Waals surface area contributed by atoms with Crippen molar-refractivity contribution in [3.63, 3.8) is 0 Å². The second-order valence-corrected chi connectivity index (χ2v) is 10.0. The quantitative estimate of drug-likeness (QED) is 0.138. The highest BCUT2D eigenvalue weighted by molar-refractivity contribution is 14.1. The molecule has 2 aromatic heterocycles. The summed E-state index contributed by atoms with van der Waals surface area (Å²) < 4.78 is 33.4. The second-order valence-electron chi connectivity index (χ2n) is 8.87. The van der Waals surface area contributed by atoms with Gasteiger partial charge in [-0.1, -0.05) is 36.4 Å². The number of ether oxygens (including phenoxy) is 2. The first kappa shape index (κ1) is 25.8. The van der Waals surface area contributed by atoms with E-state index in [-0.39, 0.29) is 23.8 Å². The summed E-state index contributed by atoms with van der Waals surface area (Å²) in [7, 11) is 1.59. The molecule has 0 amide bonds. The van der Waals surface area contributed by atoms with Gasteiger partial charge in [-0.05, 0) is 82.8 Å². The molecule has 40 heavy (non-hydrogen) atoms. The van der Waals surface area contributed by atoms with Gasteiger partial charge in [0, 0.05) is 5.56 Å². The minimum absolute atomic E-state index is 0.111. The number of benzene rings is 4. The monoisotopic (exact) mass is 645 g/mol. The minimum Gasteiger partial charge on any atom is -0.496 e. The van der Waals surface area contributed by atoms with E-state index < -0.39 is 0 Å². The summed E-state index contributed by atoms with van der Waals surface area (Å²) in [5.74, 6) is 1.60. The lowest BCUT2D eigenvalue weighted by Crippen LogP contribution is -2.20. The Morgan fingerprint density at radius 1 is 0.975 bits per heavy atom. The zero-order valence-corrected chi connectivity index (χ0v) is 23.3. The van der Waals surface area contributed by atoms with Crippen molar-refractivity contribution in [2.45, 2.75) is 6.61 Å². The summed E-state index contributed by atoms with van der Waals surface area (Å²) in [6.45, 7) is 0.111. The van der Waals surface area contributed by atoms with Crippen LogP contribution in [0.15, 0.2) is 105 Å². The lowest BCUT2D eigenvalue weighted by atomic mass is 10.2. The molecule has 6 rings (SSSR count). The van der Waals surface area contributed by atoms with E-state index in [1.165, 1.54) is 10.7 Å². The molecule has 198 valence electrons. The van der Waals surface area contributed by atoms with Gasteiger partial charge in [-0.15, -0.1) is 0 Å². The molecule has 0 unspecified atom stereocenters. The lowest BCUT2D eigenvalue weighted by Gasteiger charge is -2.10. The molecule has 0 aliphatic heterocycles. The van der Waals surface area contributed by atoms with Crippen LogP contribution in [0.1, 0.15) is 11.1 Å². The number of para-hydroxylation sites is 1. The number of aromatic nitrogens is 2. The fourth-order valence-corrected chi connectivity index (χ4v) is 5.02. The van der Waals surface area contributed by atoms with Gasteiger partial charge in [-0.3, -0.25) is 4.79 Å². The number of hydrogen-bond donors (Lipinski definition) is 0. The molecule has 2 heterocycles. The molecule has 0 fully saturated rings. The second kappa shape index (κ2) is 10.9. The molecule has 6 aromatic rings. The fourth-order valence-electron chi connectivity index (χ4n) is 4.32. The molecular weight excluding hydrogens is 624 g/mol. The molecule has 0 aliphatic rings. The number of hydrogen-bond acceptors (Lipinski definition) is 6. The van der Waals surface area contributed by atoms with E-state index in [4.69, 9.17) is 18.9 Å². The summed E-state index contributed by atoms with van der Waals surface area (Å²) >= 11 is 2.15. The zero-order valence-electron chi connectivity index (χ0n) is 21.2. The third-order valence-electron chi connectivity index (χ3n) is 6.33. The highest BCUT2D eigenvalue weighted by Gasteiger charge is 2.18. The van der Waals surface area contributed by atoms with Crippen LogP contribution in [0.5, 0.6) is 11.5 Å². The van der Waals surface area contributed by atoms with Crippen molar-refractivity contribution in [2.75, 3.05) is 7.11 Å². The van der Waals surface area contributed by atoms with Gasteiger partial charge in [0.25, 0.3) is 5.56 Å². The Morgan fingerprint density at radius 3 is 2.62 bits per heavy atom. The smallest absolute Gasteiger partial charge is 0.282 e. The minimum atomic E-state index is -0.330. The van der Waals surface area contributed by atoms with Gasteiger partial charge >= 0.3 is 0 Å². The van der Waals surface area contributed by atoms with Crippen LogP contribution in [-0.4, -0.2) is 23.0 Å². The maximum absolute atomic E-state index is 14.0. The summed E-state index contributed by atoms with van der Waals surface area (Å²) in [5, 5.41) is 5.72. The molecule has 0 radical (unpaired) electrons. The van der Waals surface area contributed by atoms with Gasteiger partial charge in [0.05, 0.1) is 33.2 Å². The van der Waals surface area contributed by atoms with Gasteiger partial charge in [-0.25, -0.2) is 9.37 Å². The van der Waals surface area contributed by atoms with Crippen molar-refractivity contribution < 1.29 is 18.3 Å². The van der Waals surface area contributed by atoms with E-state index in [1.54, 1.807) is 61.9 Å². The van der Waals surface area contributed by atoms with Crippen LogP contribution in [0.4, 0.5) is 4.39 Å². The third kappa shape index (κ3) is 4.95. The largest absolute Gasteiger partial charge is 0.496 e. The van der Waals surface area contributed by atoms with Crippen molar-refractivity contribution in [2.24, 2.45) is 5.10 Å². The normalized spacial score (nSPS) is 11.5. The van der Waals surface area contributed by atoms with Crippen molar-refractivity contribution in [1.82, 2.24) is 9.66 Å². The van der Waals surface area contributed by atoms with E-state index in [2.05, 4.69) is 27.7 Å². The average Bonchev–Trinajstić information content (AvgIpc) is 3.41. The van der Waals surface area contributed by atoms with Gasteiger partial charge in [-0.2, -0.15) is 9.78 Å². The Hall–Kier alpha value is -4.51. The molecular formula is C31H21FIN3O4. The van der Waals surface area contributed by atoms with Crippen LogP contribution in [-0.2, 0) is 6.61 Å². The van der Waals surface area contributed by atoms with E-state index in [0.29, 0.717) is 39.3 Å². The van der Waals surface area contributed by atoms with Gasteiger partial charge < -0.3 is 13.9 Å². The first-order valence-electron chi connectivity index (χ1n) is 12.3. The van der Waals surface area contributed by atoms with Crippen LogP contribution in [0.2, 0.25) is 0 Å². The number of fused-ring (bicyclic) bond motifs is 2. The Labute approximate surface area is 241 Å². The first-order chi connectivity index (χ1) is 19.5.